The minimum Gasteiger partial charge on any atom is -0.399 e. The van der Waals surface area contributed by atoms with Crippen molar-refractivity contribution in [2.45, 2.75) is 38.1 Å². The third-order valence-electron chi connectivity index (χ3n) is 3.68. The molecular formula is C13H18N4. The number of hydrogen-bond acceptors (Lipinski definition) is 3. The third-order valence-corrected chi connectivity index (χ3v) is 3.68. The lowest BCUT2D eigenvalue weighted by molar-refractivity contribution is 0.363. The van der Waals surface area contributed by atoms with Gasteiger partial charge in [0.15, 0.2) is 0 Å². The molecule has 1 aromatic carbocycles. The Bertz CT molecular complexity index is 538. The summed E-state index contributed by atoms with van der Waals surface area (Å²) in [6, 6.07) is 6.30. The maximum absolute atomic E-state index is 6.05. The summed E-state index contributed by atoms with van der Waals surface area (Å²) in [7, 11) is 0. The molecule has 1 aliphatic carbocycles. The van der Waals surface area contributed by atoms with E-state index in [0.717, 1.165) is 16.7 Å². The number of nitrogens with zero attached hydrogens (tertiary/aromatic N) is 2. The van der Waals surface area contributed by atoms with Crippen LogP contribution in [0.3, 0.4) is 0 Å². The lowest BCUT2D eigenvalue weighted by atomic mass is 9.95. The number of rotatable bonds is 1. The predicted octanol–water partition coefficient (Wildman–Crippen LogP) is 2.71. The molecule has 1 aromatic heterocycles. The molecule has 17 heavy (non-hydrogen) atoms. The highest BCUT2D eigenvalue weighted by molar-refractivity contribution is 5.81. The molecule has 0 radical (unpaired) electrons. The molecule has 1 fully saturated rings. The molecule has 0 aliphatic heterocycles. The summed E-state index contributed by atoms with van der Waals surface area (Å²) in [6.45, 7) is 0. The summed E-state index contributed by atoms with van der Waals surface area (Å²) in [6.07, 6.45) is 6.30. The predicted molar refractivity (Wildman–Crippen MR) is 70.7 cm³/mol. The fourth-order valence-electron chi connectivity index (χ4n) is 2.85. The van der Waals surface area contributed by atoms with E-state index in [9.17, 15) is 0 Å². The molecule has 1 saturated carbocycles. The normalized spacial score (nSPS) is 17.6. The van der Waals surface area contributed by atoms with Gasteiger partial charge in [-0.3, -0.25) is 0 Å². The van der Waals surface area contributed by atoms with Gasteiger partial charge < -0.3 is 16.0 Å². The van der Waals surface area contributed by atoms with Crippen LogP contribution < -0.4 is 11.5 Å². The third kappa shape index (κ3) is 1.73. The first-order chi connectivity index (χ1) is 8.25. The highest BCUT2D eigenvalue weighted by Gasteiger charge is 2.20. The van der Waals surface area contributed by atoms with E-state index < -0.39 is 0 Å². The number of imidazole rings is 1. The first-order valence-corrected chi connectivity index (χ1v) is 6.28. The van der Waals surface area contributed by atoms with Gasteiger partial charge in [0.1, 0.15) is 0 Å². The Labute approximate surface area is 101 Å². The molecule has 0 bridgehead atoms. The maximum Gasteiger partial charge on any atom is 0.201 e. The van der Waals surface area contributed by atoms with Gasteiger partial charge in [0.2, 0.25) is 5.95 Å². The van der Waals surface area contributed by atoms with Gasteiger partial charge >= 0.3 is 0 Å². The second kappa shape index (κ2) is 3.95. The fourth-order valence-corrected chi connectivity index (χ4v) is 2.85. The van der Waals surface area contributed by atoms with E-state index in [0.29, 0.717) is 12.0 Å². The van der Waals surface area contributed by atoms with Crippen molar-refractivity contribution in [3.63, 3.8) is 0 Å². The molecule has 1 aliphatic rings. The highest BCUT2D eigenvalue weighted by Crippen LogP contribution is 2.33. The van der Waals surface area contributed by atoms with E-state index >= 15 is 0 Å². The second-order valence-electron chi connectivity index (χ2n) is 4.88. The molecule has 4 N–H and O–H groups in total. The minimum atomic E-state index is 0.496. The zero-order valence-corrected chi connectivity index (χ0v) is 9.89. The number of hydrogen-bond donors (Lipinski definition) is 2. The standard InChI is InChI=1S/C13H18N4/c14-9-6-7-11-12(8-9)17(13(15)16-11)10-4-2-1-3-5-10/h6-8,10H,1-5,14H2,(H2,15,16). The van der Waals surface area contributed by atoms with E-state index in [1.807, 2.05) is 18.2 Å². The number of nitrogens with two attached hydrogens (primary N) is 2. The Balaban J connectivity index is 2.13. The van der Waals surface area contributed by atoms with Crippen molar-refractivity contribution in [3.8, 4) is 0 Å². The SMILES string of the molecule is Nc1ccc2nc(N)n(C3CCCCC3)c2c1. The molecular weight excluding hydrogens is 212 g/mol. The van der Waals surface area contributed by atoms with Gasteiger partial charge in [-0.25, -0.2) is 4.98 Å². The van der Waals surface area contributed by atoms with Crippen LogP contribution in [0.2, 0.25) is 0 Å². The molecule has 0 atom stereocenters. The van der Waals surface area contributed by atoms with Gasteiger partial charge in [0.25, 0.3) is 0 Å². The molecule has 0 spiro atoms. The Morgan fingerprint density at radius 3 is 2.65 bits per heavy atom. The number of anilines is 2. The van der Waals surface area contributed by atoms with Gasteiger partial charge in [-0.05, 0) is 31.0 Å². The van der Waals surface area contributed by atoms with Crippen LogP contribution in [0.25, 0.3) is 11.0 Å². The van der Waals surface area contributed by atoms with Gasteiger partial charge in [-0.1, -0.05) is 19.3 Å². The number of aromatic nitrogens is 2. The average Bonchev–Trinajstić information content (AvgIpc) is 2.65. The number of fused-ring (bicyclic) bond motifs is 1. The monoisotopic (exact) mass is 230 g/mol. The van der Waals surface area contributed by atoms with Crippen molar-refractivity contribution in [2.75, 3.05) is 11.5 Å². The number of benzene rings is 1. The van der Waals surface area contributed by atoms with Crippen molar-refractivity contribution in [2.24, 2.45) is 0 Å². The van der Waals surface area contributed by atoms with Crippen LogP contribution in [0, 0.1) is 0 Å². The van der Waals surface area contributed by atoms with Crippen LogP contribution in [0.4, 0.5) is 11.6 Å². The Hall–Kier alpha value is -1.71. The zero-order valence-electron chi connectivity index (χ0n) is 9.89. The Kier molecular flexibility index (Phi) is 2.42. The van der Waals surface area contributed by atoms with Crippen molar-refractivity contribution in [3.05, 3.63) is 18.2 Å². The van der Waals surface area contributed by atoms with Crippen LogP contribution in [0.1, 0.15) is 38.1 Å². The van der Waals surface area contributed by atoms with Gasteiger partial charge in [0, 0.05) is 11.7 Å². The first-order valence-electron chi connectivity index (χ1n) is 6.28. The summed E-state index contributed by atoms with van der Waals surface area (Å²) >= 11 is 0. The van der Waals surface area contributed by atoms with Crippen LogP contribution in [-0.2, 0) is 0 Å². The molecule has 0 unspecified atom stereocenters. The van der Waals surface area contributed by atoms with E-state index in [1.165, 1.54) is 32.1 Å². The molecule has 4 nitrogen and oxygen atoms in total. The second-order valence-corrected chi connectivity index (χ2v) is 4.88. The van der Waals surface area contributed by atoms with Crippen molar-refractivity contribution in [1.29, 1.82) is 0 Å². The summed E-state index contributed by atoms with van der Waals surface area (Å²) in [4.78, 5) is 4.41. The quantitative estimate of drug-likeness (QED) is 0.740. The van der Waals surface area contributed by atoms with Crippen molar-refractivity contribution < 1.29 is 0 Å². The maximum atomic E-state index is 6.05. The Morgan fingerprint density at radius 2 is 1.88 bits per heavy atom. The van der Waals surface area contributed by atoms with Crippen molar-refractivity contribution in [1.82, 2.24) is 9.55 Å². The minimum absolute atomic E-state index is 0.496. The van der Waals surface area contributed by atoms with E-state index in [4.69, 9.17) is 11.5 Å². The lowest BCUT2D eigenvalue weighted by Crippen LogP contribution is -2.14. The van der Waals surface area contributed by atoms with Gasteiger partial charge in [-0.15, -0.1) is 0 Å². The van der Waals surface area contributed by atoms with Gasteiger partial charge in [-0.2, -0.15) is 0 Å². The summed E-state index contributed by atoms with van der Waals surface area (Å²) in [5, 5.41) is 0. The highest BCUT2D eigenvalue weighted by atomic mass is 15.2. The molecule has 2 aromatic rings. The molecule has 4 heteroatoms. The van der Waals surface area contributed by atoms with Crippen LogP contribution in [-0.4, -0.2) is 9.55 Å². The van der Waals surface area contributed by atoms with Gasteiger partial charge in [0.05, 0.1) is 11.0 Å². The topological polar surface area (TPSA) is 69.9 Å². The van der Waals surface area contributed by atoms with E-state index in [2.05, 4.69) is 9.55 Å². The van der Waals surface area contributed by atoms with Crippen molar-refractivity contribution >= 4 is 22.7 Å². The zero-order chi connectivity index (χ0) is 11.8. The first kappa shape index (κ1) is 10.4. The average molecular weight is 230 g/mol. The molecule has 1 heterocycles. The van der Waals surface area contributed by atoms with E-state index in [1.54, 1.807) is 0 Å². The Morgan fingerprint density at radius 1 is 1.12 bits per heavy atom. The molecule has 0 amide bonds. The molecule has 3 rings (SSSR count). The van der Waals surface area contributed by atoms with Crippen LogP contribution in [0.5, 0.6) is 0 Å². The molecule has 90 valence electrons. The smallest absolute Gasteiger partial charge is 0.201 e. The summed E-state index contributed by atoms with van der Waals surface area (Å²) in [5.41, 5.74) is 14.7. The van der Waals surface area contributed by atoms with Crippen LogP contribution >= 0.6 is 0 Å². The fraction of sp³-hybridized carbons (Fsp3) is 0.462. The van der Waals surface area contributed by atoms with Crippen LogP contribution in [0.15, 0.2) is 18.2 Å². The summed E-state index contributed by atoms with van der Waals surface area (Å²) in [5.74, 6) is 0.623. The summed E-state index contributed by atoms with van der Waals surface area (Å²) < 4.78 is 2.17. The van der Waals surface area contributed by atoms with E-state index in [-0.39, 0.29) is 0 Å². The molecule has 0 saturated heterocycles. The largest absolute Gasteiger partial charge is 0.399 e. The number of nitrogen functional groups attached to an aromatic ring is 2. The lowest BCUT2D eigenvalue weighted by Gasteiger charge is -2.24.